The molecule has 1 unspecified atom stereocenters. The van der Waals surface area contributed by atoms with Crippen LogP contribution in [0.1, 0.15) is 26.0 Å². The maximum atomic E-state index is 10.6. The first-order valence-corrected chi connectivity index (χ1v) is 7.06. The summed E-state index contributed by atoms with van der Waals surface area (Å²) in [5.74, 6) is 0. The van der Waals surface area contributed by atoms with Crippen molar-refractivity contribution in [2.75, 3.05) is 33.7 Å². The number of nitrogens with one attached hydrogen (secondary N) is 1. The fourth-order valence-electron chi connectivity index (χ4n) is 1.95. The summed E-state index contributed by atoms with van der Waals surface area (Å²) in [4.78, 5) is 2.07. The van der Waals surface area contributed by atoms with Gasteiger partial charge in [0.2, 0.25) is 0 Å². The molecule has 110 valence electrons. The standard InChI is InChI=1S/C13H25ClN4O/c1-5-6-15-10-13(2,19)12-11(14)9-16-18(12)8-7-17(3)4/h9,15,19H,5-8,10H2,1-4H3. The highest BCUT2D eigenvalue weighted by molar-refractivity contribution is 6.31. The summed E-state index contributed by atoms with van der Waals surface area (Å²) in [6, 6.07) is 0. The molecule has 1 aromatic rings. The van der Waals surface area contributed by atoms with Crippen molar-refractivity contribution in [3.8, 4) is 0 Å². The van der Waals surface area contributed by atoms with Gasteiger partial charge in [0.1, 0.15) is 5.60 Å². The van der Waals surface area contributed by atoms with E-state index < -0.39 is 5.60 Å². The van der Waals surface area contributed by atoms with Crippen LogP contribution in [0.25, 0.3) is 0 Å². The molecular weight excluding hydrogens is 264 g/mol. The van der Waals surface area contributed by atoms with E-state index in [1.165, 1.54) is 0 Å². The summed E-state index contributed by atoms with van der Waals surface area (Å²) in [6.45, 7) is 6.76. The van der Waals surface area contributed by atoms with Crippen molar-refractivity contribution in [2.24, 2.45) is 0 Å². The minimum atomic E-state index is -1.02. The maximum absolute atomic E-state index is 10.6. The molecule has 0 aliphatic carbocycles. The van der Waals surface area contributed by atoms with Crippen molar-refractivity contribution in [3.05, 3.63) is 16.9 Å². The Kier molecular flexibility index (Phi) is 6.26. The fraction of sp³-hybridized carbons (Fsp3) is 0.769. The van der Waals surface area contributed by atoms with Gasteiger partial charge in [0.25, 0.3) is 0 Å². The average Bonchev–Trinajstić information content (AvgIpc) is 2.68. The summed E-state index contributed by atoms with van der Waals surface area (Å²) in [5.41, 5.74) is -0.339. The third kappa shape index (κ3) is 4.76. The molecule has 0 amide bonds. The van der Waals surface area contributed by atoms with Crippen LogP contribution in [0.5, 0.6) is 0 Å². The monoisotopic (exact) mass is 288 g/mol. The molecule has 0 saturated heterocycles. The number of nitrogens with zero attached hydrogens (tertiary/aromatic N) is 3. The second kappa shape index (κ2) is 7.24. The molecule has 0 fully saturated rings. The number of likely N-dealkylation sites (N-methyl/N-ethyl adjacent to an activating group) is 1. The van der Waals surface area contributed by atoms with Crippen LogP contribution in [0, 0.1) is 0 Å². The average molecular weight is 289 g/mol. The zero-order valence-electron chi connectivity index (χ0n) is 12.3. The number of aliphatic hydroxyl groups is 1. The molecule has 0 radical (unpaired) electrons. The van der Waals surface area contributed by atoms with E-state index in [4.69, 9.17) is 11.6 Å². The van der Waals surface area contributed by atoms with Crippen molar-refractivity contribution in [1.29, 1.82) is 0 Å². The second-order valence-corrected chi connectivity index (χ2v) is 5.73. The van der Waals surface area contributed by atoms with Gasteiger partial charge in [-0.05, 0) is 34.0 Å². The van der Waals surface area contributed by atoms with Gasteiger partial charge in [-0.2, -0.15) is 5.10 Å². The zero-order chi connectivity index (χ0) is 14.5. The lowest BCUT2D eigenvalue weighted by atomic mass is 10.0. The Labute approximate surface area is 120 Å². The third-order valence-corrected chi connectivity index (χ3v) is 3.24. The lowest BCUT2D eigenvalue weighted by Crippen LogP contribution is -2.38. The Bertz CT molecular complexity index is 390. The van der Waals surface area contributed by atoms with Crippen LogP contribution in [0.4, 0.5) is 0 Å². The summed E-state index contributed by atoms with van der Waals surface area (Å²) >= 11 is 6.17. The highest BCUT2D eigenvalue weighted by Gasteiger charge is 2.29. The zero-order valence-corrected chi connectivity index (χ0v) is 13.0. The molecule has 2 N–H and O–H groups in total. The molecule has 1 heterocycles. The molecule has 1 rings (SSSR count). The molecule has 0 aliphatic rings. The summed E-state index contributed by atoms with van der Waals surface area (Å²) in [5, 5.41) is 18.6. The van der Waals surface area contributed by atoms with Crippen LogP contribution in [-0.4, -0.2) is 53.5 Å². The predicted molar refractivity (Wildman–Crippen MR) is 78.5 cm³/mol. The number of halogens is 1. The molecule has 1 aromatic heterocycles. The molecule has 6 heteroatoms. The normalized spacial score (nSPS) is 14.9. The Hall–Kier alpha value is -0.620. The Morgan fingerprint density at radius 1 is 1.53 bits per heavy atom. The van der Waals surface area contributed by atoms with Gasteiger partial charge in [-0.3, -0.25) is 4.68 Å². The third-order valence-electron chi connectivity index (χ3n) is 2.96. The van der Waals surface area contributed by atoms with Gasteiger partial charge in [0.05, 0.1) is 23.5 Å². The number of rotatable bonds is 8. The van der Waals surface area contributed by atoms with E-state index in [1.54, 1.807) is 17.8 Å². The van der Waals surface area contributed by atoms with Gasteiger partial charge in [-0.25, -0.2) is 0 Å². The van der Waals surface area contributed by atoms with E-state index in [1.807, 2.05) is 14.1 Å². The first-order valence-electron chi connectivity index (χ1n) is 6.68. The van der Waals surface area contributed by atoms with Crippen molar-refractivity contribution in [1.82, 2.24) is 20.0 Å². The molecule has 0 bridgehead atoms. The smallest absolute Gasteiger partial charge is 0.117 e. The Morgan fingerprint density at radius 3 is 2.79 bits per heavy atom. The Balaban J connectivity index is 2.81. The predicted octanol–water partition coefficient (Wildman–Crippen LogP) is 1.31. The lowest BCUT2D eigenvalue weighted by Gasteiger charge is -2.26. The maximum Gasteiger partial charge on any atom is 0.117 e. The van der Waals surface area contributed by atoms with E-state index in [0.29, 0.717) is 23.8 Å². The highest BCUT2D eigenvalue weighted by Crippen LogP contribution is 2.27. The highest BCUT2D eigenvalue weighted by atomic mass is 35.5. The van der Waals surface area contributed by atoms with Gasteiger partial charge in [-0.15, -0.1) is 0 Å². The van der Waals surface area contributed by atoms with Gasteiger partial charge in [0.15, 0.2) is 0 Å². The Morgan fingerprint density at radius 2 is 2.21 bits per heavy atom. The second-order valence-electron chi connectivity index (χ2n) is 5.32. The number of hydrogen-bond acceptors (Lipinski definition) is 4. The number of hydrogen-bond donors (Lipinski definition) is 2. The summed E-state index contributed by atoms with van der Waals surface area (Å²) in [6.07, 6.45) is 2.63. The molecular formula is C13H25ClN4O. The molecule has 5 nitrogen and oxygen atoms in total. The molecule has 0 aromatic carbocycles. The SMILES string of the molecule is CCCNCC(C)(O)c1c(Cl)cnn1CCN(C)C. The van der Waals surface area contributed by atoms with Crippen LogP contribution in [0.2, 0.25) is 5.02 Å². The largest absolute Gasteiger partial charge is 0.382 e. The van der Waals surface area contributed by atoms with E-state index in [0.717, 1.165) is 19.5 Å². The van der Waals surface area contributed by atoms with Crippen LogP contribution < -0.4 is 5.32 Å². The topological polar surface area (TPSA) is 53.3 Å². The van der Waals surface area contributed by atoms with Crippen LogP contribution in [-0.2, 0) is 12.1 Å². The molecule has 0 aliphatic heterocycles. The van der Waals surface area contributed by atoms with Crippen molar-refractivity contribution < 1.29 is 5.11 Å². The van der Waals surface area contributed by atoms with Gasteiger partial charge < -0.3 is 15.3 Å². The lowest BCUT2D eigenvalue weighted by molar-refractivity contribution is 0.0473. The van der Waals surface area contributed by atoms with E-state index in [2.05, 4.69) is 22.2 Å². The van der Waals surface area contributed by atoms with Crippen molar-refractivity contribution in [3.63, 3.8) is 0 Å². The van der Waals surface area contributed by atoms with E-state index in [-0.39, 0.29) is 0 Å². The summed E-state index contributed by atoms with van der Waals surface area (Å²) in [7, 11) is 4.01. The van der Waals surface area contributed by atoms with Crippen LogP contribution >= 0.6 is 11.6 Å². The van der Waals surface area contributed by atoms with E-state index >= 15 is 0 Å². The van der Waals surface area contributed by atoms with Crippen LogP contribution in [0.3, 0.4) is 0 Å². The van der Waals surface area contributed by atoms with E-state index in [9.17, 15) is 5.11 Å². The minimum absolute atomic E-state index is 0.466. The first-order chi connectivity index (χ1) is 8.88. The fourth-order valence-corrected chi connectivity index (χ4v) is 2.30. The van der Waals surface area contributed by atoms with Crippen molar-refractivity contribution in [2.45, 2.75) is 32.4 Å². The number of aromatic nitrogens is 2. The van der Waals surface area contributed by atoms with Gasteiger partial charge in [0, 0.05) is 13.1 Å². The molecule has 0 spiro atoms. The quantitative estimate of drug-likeness (QED) is 0.708. The minimum Gasteiger partial charge on any atom is -0.382 e. The molecule has 19 heavy (non-hydrogen) atoms. The van der Waals surface area contributed by atoms with Gasteiger partial charge in [-0.1, -0.05) is 18.5 Å². The first kappa shape index (κ1) is 16.4. The van der Waals surface area contributed by atoms with Crippen LogP contribution in [0.15, 0.2) is 6.20 Å². The summed E-state index contributed by atoms with van der Waals surface area (Å²) < 4.78 is 1.79. The molecule has 0 saturated carbocycles. The van der Waals surface area contributed by atoms with Gasteiger partial charge >= 0.3 is 0 Å². The molecule has 1 atom stereocenters. The van der Waals surface area contributed by atoms with Crippen molar-refractivity contribution >= 4 is 11.6 Å².